The Balaban J connectivity index is 2.29. The van der Waals surface area contributed by atoms with Crippen LogP contribution < -0.4 is 9.64 Å². The minimum Gasteiger partial charge on any atom is -0.497 e. The normalized spacial score (nSPS) is 19.9. The molecule has 0 radical (unpaired) electrons. The first kappa shape index (κ1) is 13.7. The van der Waals surface area contributed by atoms with E-state index in [1.165, 1.54) is 11.3 Å². The van der Waals surface area contributed by atoms with Crippen molar-refractivity contribution in [2.24, 2.45) is 0 Å². The highest BCUT2D eigenvalue weighted by atomic mass is 16.5. The summed E-state index contributed by atoms with van der Waals surface area (Å²) < 4.78 is 5.32. The van der Waals surface area contributed by atoms with Crippen LogP contribution in [-0.2, 0) is 5.41 Å². The van der Waals surface area contributed by atoms with E-state index < -0.39 is 0 Å². The molecule has 1 heterocycles. The summed E-state index contributed by atoms with van der Waals surface area (Å²) in [6, 6.07) is 9.00. The molecule has 0 spiro atoms. The molecule has 1 unspecified atom stereocenters. The Kier molecular flexibility index (Phi) is 3.71. The number of ether oxygens (including phenoxy) is 1. The van der Waals surface area contributed by atoms with E-state index in [4.69, 9.17) is 10.00 Å². The maximum absolute atomic E-state index is 8.70. The lowest BCUT2D eigenvalue weighted by Crippen LogP contribution is -2.39. The molecule has 0 bridgehead atoms. The number of hydrogen-bond donors (Lipinski definition) is 0. The zero-order chi connectivity index (χ0) is 14.0. The Hall–Kier alpha value is -1.69. The Bertz CT molecular complexity index is 502. The van der Waals surface area contributed by atoms with Crippen LogP contribution in [0.5, 0.6) is 5.75 Å². The summed E-state index contributed by atoms with van der Waals surface area (Å²) in [7, 11) is 3.84. The van der Waals surface area contributed by atoms with Crippen LogP contribution in [0.2, 0.25) is 0 Å². The maximum Gasteiger partial charge on any atom is 0.120 e. The average Bonchev–Trinajstić information content (AvgIpc) is 2.59. The fourth-order valence-electron chi connectivity index (χ4n) is 3.24. The molecule has 19 heavy (non-hydrogen) atoms. The average molecular weight is 258 g/mol. The van der Waals surface area contributed by atoms with Gasteiger partial charge in [-0.25, -0.2) is 0 Å². The van der Waals surface area contributed by atoms with Crippen molar-refractivity contribution in [2.75, 3.05) is 19.1 Å². The Labute approximate surface area is 115 Å². The van der Waals surface area contributed by atoms with E-state index in [2.05, 4.69) is 44.0 Å². The number of benzene rings is 1. The molecule has 3 nitrogen and oxygen atoms in total. The van der Waals surface area contributed by atoms with Crippen LogP contribution in [-0.4, -0.2) is 20.2 Å². The van der Waals surface area contributed by atoms with Gasteiger partial charge in [0, 0.05) is 36.7 Å². The third-order valence-corrected chi connectivity index (χ3v) is 4.35. The van der Waals surface area contributed by atoms with Crippen molar-refractivity contribution in [3.63, 3.8) is 0 Å². The van der Waals surface area contributed by atoms with E-state index >= 15 is 0 Å². The van der Waals surface area contributed by atoms with Gasteiger partial charge in [-0.1, -0.05) is 19.9 Å². The van der Waals surface area contributed by atoms with Crippen molar-refractivity contribution in [3.8, 4) is 11.8 Å². The minimum absolute atomic E-state index is 0.117. The monoisotopic (exact) mass is 258 g/mol. The highest BCUT2D eigenvalue weighted by molar-refractivity contribution is 5.65. The molecule has 3 heteroatoms. The van der Waals surface area contributed by atoms with Crippen LogP contribution in [0.1, 0.15) is 38.7 Å². The lowest BCUT2D eigenvalue weighted by Gasteiger charge is -2.32. The topological polar surface area (TPSA) is 36.3 Å². The highest BCUT2D eigenvalue weighted by Crippen LogP contribution is 2.47. The predicted octanol–water partition coefficient (Wildman–Crippen LogP) is 3.49. The molecule has 0 aromatic heterocycles. The van der Waals surface area contributed by atoms with E-state index in [9.17, 15) is 0 Å². The molecule has 102 valence electrons. The van der Waals surface area contributed by atoms with Gasteiger partial charge in [-0.3, -0.25) is 0 Å². The third-order valence-electron chi connectivity index (χ3n) is 4.35. The van der Waals surface area contributed by atoms with Crippen LogP contribution in [0.3, 0.4) is 0 Å². The van der Waals surface area contributed by atoms with Gasteiger partial charge in [0.2, 0.25) is 0 Å². The third kappa shape index (κ3) is 2.28. The molecule has 0 fully saturated rings. The van der Waals surface area contributed by atoms with Gasteiger partial charge in [0.15, 0.2) is 0 Å². The molecule has 1 aromatic carbocycles. The van der Waals surface area contributed by atoms with Gasteiger partial charge < -0.3 is 9.64 Å². The number of unbranched alkanes of at least 4 members (excludes halogenated alkanes) is 1. The lowest BCUT2D eigenvalue weighted by molar-refractivity contribution is 0.399. The lowest BCUT2D eigenvalue weighted by atomic mass is 9.78. The van der Waals surface area contributed by atoms with Crippen molar-refractivity contribution in [1.29, 1.82) is 5.26 Å². The molecule has 0 saturated heterocycles. The second kappa shape index (κ2) is 5.13. The summed E-state index contributed by atoms with van der Waals surface area (Å²) in [5, 5.41) is 8.70. The predicted molar refractivity (Wildman–Crippen MR) is 77.7 cm³/mol. The summed E-state index contributed by atoms with van der Waals surface area (Å²) in [4.78, 5) is 2.34. The zero-order valence-electron chi connectivity index (χ0n) is 12.2. The SMILES string of the molecule is COc1ccc2c(c1)N(C)C(CCCC#N)C2(C)C. The van der Waals surface area contributed by atoms with Crippen molar-refractivity contribution in [3.05, 3.63) is 23.8 Å². The quantitative estimate of drug-likeness (QED) is 0.776. The van der Waals surface area contributed by atoms with Crippen LogP contribution in [0.4, 0.5) is 5.69 Å². The molecule has 0 saturated carbocycles. The summed E-state index contributed by atoms with van der Waals surface area (Å²) >= 11 is 0. The molecule has 2 rings (SSSR count). The van der Waals surface area contributed by atoms with Crippen LogP contribution in [0, 0.1) is 11.3 Å². The second-order valence-corrected chi connectivity index (χ2v) is 5.78. The Morgan fingerprint density at radius 1 is 1.42 bits per heavy atom. The molecule has 1 aliphatic rings. The van der Waals surface area contributed by atoms with Crippen molar-refractivity contribution in [2.45, 2.75) is 44.6 Å². The fourth-order valence-corrected chi connectivity index (χ4v) is 3.24. The molecule has 1 aromatic rings. The van der Waals surface area contributed by atoms with Gasteiger partial charge in [-0.05, 0) is 24.5 Å². The van der Waals surface area contributed by atoms with Crippen LogP contribution in [0.25, 0.3) is 0 Å². The molecule has 0 amide bonds. The van der Waals surface area contributed by atoms with E-state index in [-0.39, 0.29) is 5.41 Å². The number of likely N-dealkylation sites (N-methyl/N-ethyl adjacent to an activating group) is 1. The second-order valence-electron chi connectivity index (χ2n) is 5.78. The maximum atomic E-state index is 8.70. The summed E-state index contributed by atoms with van der Waals surface area (Å²) in [5.41, 5.74) is 2.75. The molecule has 1 aliphatic heterocycles. The number of hydrogen-bond acceptors (Lipinski definition) is 3. The van der Waals surface area contributed by atoms with E-state index in [1.807, 2.05) is 6.07 Å². The fraction of sp³-hybridized carbons (Fsp3) is 0.562. The summed E-state index contributed by atoms with van der Waals surface area (Å²) in [5.74, 6) is 0.902. The molecule has 0 aliphatic carbocycles. The van der Waals surface area contributed by atoms with E-state index in [0.29, 0.717) is 12.5 Å². The molecule has 1 atom stereocenters. The first-order valence-corrected chi connectivity index (χ1v) is 6.80. The van der Waals surface area contributed by atoms with E-state index in [1.54, 1.807) is 7.11 Å². The van der Waals surface area contributed by atoms with E-state index in [0.717, 1.165) is 18.6 Å². The van der Waals surface area contributed by atoms with Gasteiger partial charge in [-0.2, -0.15) is 5.26 Å². The number of nitrogens with zero attached hydrogens (tertiary/aromatic N) is 2. The smallest absolute Gasteiger partial charge is 0.120 e. The van der Waals surface area contributed by atoms with Crippen molar-refractivity contribution < 1.29 is 4.74 Å². The number of nitriles is 1. The number of anilines is 1. The van der Waals surface area contributed by atoms with Gasteiger partial charge in [0.25, 0.3) is 0 Å². The summed E-state index contributed by atoms with van der Waals surface area (Å²) in [6.45, 7) is 4.58. The van der Waals surface area contributed by atoms with Gasteiger partial charge >= 0.3 is 0 Å². The first-order chi connectivity index (χ1) is 9.02. The summed E-state index contributed by atoms with van der Waals surface area (Å²) in [6.07, 6.45) is 2.65. The van der Waals surface area contributed by atoms with Gasteiger partial charge in [0.05, 0.1) is 13.2 Å². The Morgan fingerprint density at radius 3 is 2.79 bits per heavy atom. The van der Waals surface area contributed by atoms with Gasteiger partial charge in [-0.15, -0.1) is 0 Å². The molecular formula is C16H22N2O. The molecule has 0 N–H and O–H groups in total. The van der Waals surface area contributed by atoms with Gasteiger partial charge in [0.1, 0.15) is 5.75 Å². The number of fused-ring (bicyclic) bond motifs is 1. The van der Waals surface area contributed by atoms with Crippen molar-refractivity contribution in [1.82, 2.24) is 0 Å². The first-order valence-electron chi connectivity index (χ1n) is 6.80. The van der Waals surface area contributed by atoms with Crippen LogP contribution in [0.15, 0.2) is 18.2 Å². The Morgan fingerprint density at radius 2 is 2.16 bits per heavy atom. The minimum atomic E-state index is 0.117. The zero-order valence-corrected chi connectivity index (χ0v) is 12.2. The largest absolute Gasteiger partial charge is 0.497 e. The molecular weight excluding hydrogens is 236 g/mol. The number of rotatable bonds is 4. The standard InChI is InChI=1S/C16H22N2O/c1-16(2)13-9-8-12(19-4)11-14(13)18(3)15(16)7-5-6-10-17/h8-9,11,15H,5-7H2,1-4H3. The van der Waals surface area contributed by atoms with Crippen LogP contribution >= 0.6 is 0 Å². The van der Waals surface area contributed by atoms with Crippen molar-refractivity contribution >= 4 is 5.69 Å². The number of methoxy groups -OCH3 is 1. The highest BCUT2D eigenvalue weighted by Gasteiger charge is 2.42.